The van der Waals surface area contributed by atoms with Crippen LogP contribution in [0.2, 0.25) is 0 Å². The zero-order chi connectivity index (χ0) is 21.5. The maximum absolute atomic E-state index is 9.48. The number of aromatic nitrogens is 1. The van der Waals surface area contributed by atoms with Crippen molar-refractivity contribution in [1.29, 1.82) is 0 Å². The molecule has 1 heterocycles. The number of aliphatic imine (C=N–C) groups is 2. The number of hydrogen-bond acceptors (Lipinski definition) is 7. The highest BCUT2D eigenvalue weighted by molar-refractivity contribution is 7.13. The quantitative estimate of drug-likeness (QED) is 0.509. The molecule has 1 aromatic rings. The van der Waals surface area contributed by atoms with Crippen LogP contribution in [0.1, 0.15) is 54.1 Å². The lowest BCUT2D eigenvalue weighted by Gasteiger charge is -2.16. The molecule has 4 rings (SSSR count). The van der Waals surface area contributed by atoms with E-state index in [2.05, 4.69) is 57.7 Å². The van der Waals surface area contributed by atoms with Crippen LogP contribution in [0.4, 0.5) is 0 Å². The molecule has 0 saturated heterocycles. The highest BCUT2D eigenvalue weighted by Gasteiger charge is 2.25. The minimum atomic E-state index is 0.245. The molecule has 3 aliphatic carbocycles. The normalized spacial score (nSPS) is 23.5. The Kier molecular flexibility index (Phi) is 7.48. The van der Waals surface area contributed by atoms with Crippen molar-refractivity contribution in [2.75, 3.05) is 13.3 Å². The van der Waals surface area contributed by atoms with Gasteiger partial charge in [-0.05, 0) is 69.7 Å². The highest BCUT2D eigenvalue weighted by atomic mass is 32.1. The maximum atomic E-state index is 9.48. The number of nitrogens with one attached hydrogen (secondary N) is 2. The van der Waals surface area contributed by atoms with E-state index in [9.17, 15) is 5.11 Å². The monoisotopic (exact) mass is 437 g/mol. The predicted octanol–water partition coefficient (Wildman–Crippen LogP) is 4.07. The fourth-order valence-corrected chi connectivity index (χ4v) is 5.28. The average molecular weight is 438 g/mol. The molecule has 2 atom stereocenters. The van der Waals surface area contributed by atoms with Gasteiger partial charge in [0.2, 0.25) is 0 Å². The summed E-state index contributed by atoms with van der Waals surface area (Å²) >= 11 is 1.71. The van der Waals surface area contributed by atoms with E-state index < -0.39 is 0 Å². The molecule has 3 N–H and O–H groups in total. The van der Waals surface area contributed by atoms with E-state index in [1.54, 1.807) is 11.3 Å². The van der Waals surface area contributed by atoms with Gasteiger partial charge in [-0.15, -0.1) is 11.3 Å². The van der Waals surface area contributed by atoms with Gasteiger partial charge in [0.05, 0.1) is 11.3 Å². The van der Waals surface area contributed by atoms with Gasteiger partial charge in [0.25, 0.3) is 0 Å². The number of rotatable bonds is 9. The molecule has 0 aliphatic heterocycles. The summed E-state index contributed by atoms with van der Waals surface area (Å²) in [4.78, 5) is 15.1. The standard InChI is InChI=1S/C24H31N5OS/c1-25-23(28-19-12-11-17(13-19)15-30)20(14-26-16-27-18-7-3-2-4-8-18)24-29-21-9-5-6-10-22(21)31-24/h3,5,7-9,14,17,19,27-28,30H,1-2,4,6,10-13,15-16H2/b23-20-,26-14-. The Hall–Kier alpha value is -2.51. The first-order valence-electron chi connectivity index (χ1n) is 11.1. The summed E-state index contributed by atoms with van der Waals surface area (Å²) in [7, 11) is 0. The fourth-order valence-electron chi connectivity index (χ4n) is 4.21. The number of aliphatic hydroxyl groups excluding tert-OH is 1. The summed E-state index contributed by atoms with van der Waals surface area (Å²) in [6, 6.07) is 0.284. The molecule has 0 amide bonds. The van der Waals surface area contributed by atoms with E-state index in [1.807, 2.05) is 6.21 Å². The molecule has 0 bridgehead atoms. The third-order valence-corrected chi connectivity index (χ3v) is 7.08. The SMILES string of the molecule is C=N/C(NC1CCC(CO)C1)=C(\C=N/CNC1=CCCC=C1)c1nc2c(s1)CCC=C2. The van der Waals surface area contributed by atoms with Gasteiger partial charge in [-0.2, -0.15) is 0 Å². The van der Waals surface area contributed by atoms with Gasteiger partial charge >= 0.3 is 0 Å². The first kappa shape index (κ1) is 21.7. The molecule has 7 heteroatoms. The summed E-state index contributed by atoms with van der Waals surface area (Å²) in [5.74, 6) is 1.08. The smallest absolute Gasteiger partial charge is 0.137 e. The second kappa shape index (κ2) is 10.7. The lowest BCUT2D eigenvalue weighted by Crippen LogP contribution is -2.26. The van der Waals surface area contributed by atoms with Crippen molar-refractivity contribution in [1.82, 2.24) is 15.6 Å². The lowest BCUT2D eigenvalue weighted by molar-refractivity contribution is 0.228. The van der Waals surface area contributed by atoms with Gasteiger partial charge in [0, 0.05) is 29.4 Å². The molecule has 0 radical (unpaired) electrons. The van der Waals surface area contributed by atoms with Gasteiger partial charge in [-0.3, -0.25) is 4.99 Å². The lowest BCUT2D eigenvalue weighted by atomic mass is 10.1. The number of nitrogens with zero attached hydrogens (tertiary/aromatic N) is 3. The van der Waals surface area contributed by atoms with Gasteiger partial charge in [0.15, 0.2) is 0 Å². The predicted molar refractivity (Wildman–Crippen MR) is 130 cm³/mol. The average Bonchev–Trinajstić information content (AvgIpc) is 3.45. The maximum Gasteiger partial charge on any atom is 0.137 e. The van der Waals surface area contributed by atoms with E-state index in [-0.39, 0.29) is 12.6 Å². The van der Waals surface area contributed by atoms with E-state index in [0.29, 0.717) is 12.6 Å². The second-order valence-electron chi connectivity index (χ2n) is 8.18. The van der Waals surface area contributed by atoms with Crippen LogP contribution in [0.5, 0.6) is 0 Å². The van der Waals surface area contributed by atoms with Crippen LogP contribution in [0.15, 0.2) is 45.8 Å². The molecule has 1 fully saturated rings. The van der Waals surface area contributed by atoms with Crippen LogP contribution in [-0.2, 0) is 6.42 Å². The molecule has 31 heavy (non-hydrogen) atoms. The van der Waals surface area contributed by atoms with Gasteiger partial charge in [-0.1, -0.05) is 18.2 Å². The Morgan fingerprint density at radius 3 is 2.90 bits per heavy atom. The van der Waals surface area contributed by atoms with E-state index in [0.717, 1.165) is 72.7 Å². The second-order valence-corrected chi connectivity index (χ2v) is 9.26. The molecule has 0 aromatic carbocycles. The fraction of sp³-hybridized carbons (Fsp3) is 0.458. The Bertz CT molecular complexity index is 940. The number of thiazole rings is 1. The van der Waals surface area contributed by atoms with Crippen molar-refractivity contribution in [3.8, 4) is 0 Å². The van der Waals surface area contributed by atoms with Crippen molar-refractivity contribution >= 4 is 35.9 Å². The van der Waals surface area contributed by atoms with Crippen LogP contribution < -0.4 is 10.6 Å². The zero-order valence-electron chi connectivity index (χ0n) is 17.9. The molecule has 1 saturated carbocycles. The van der Waals surface area contributed by atoms with Crippen molar-refractivity contribution in [2.24, 2.45) is 15.9 Å². The third-order valence-electron chi connectivity index (χ3n) is 5.92. The number of allylic oxidation sites excluding steroid dienone is 5. The summed E-state index contributed by atoms with van der Waals surface area (Å²) in [6.45, 7) is 4.56. The highest BCUT2D eigenvalue weighted by Crippen LogP contribution is 2.31. The Morgan fingerprint density at radius 2 is 2.16 bits per heavy atom. The van der Waals surface area contributed by atoms with Crippen LogP contribution in [0, 0.1) is 5.92 Å². The summed E-state index contributed by atoms with van der Waals surface area (Å²) in [5.41, 5.74) is 3.05. The largest absolute Gasteiger partial charge is 0.396 e. The minimum Gasteiger partial charge on any atom is -0.396 e. The molecule has 2 unspecified atom stereocenters. The van der Waals surface area contributed by atoms with Crippen LogP contribution in [0.3, 0.4) is 0 Å². The summed E-state index contributed by atoms with van der Waals surface area (Å²) in [6.07, 6.45) is 19.9. The van der Waals surface area contributed by atoms with E-state index in [4.69, 9.17) is 4.98 Å². The minimum absolute atomic E-state index is 0.245. The summed E-state index contributed by atoms with van der Waals surface area (Å²) in [5, 5.41) is 17.3. The van der Waals surface area contributed by atoms with Crippen molar-refractivity contribution in [2.45, 2.75) is 51.0 Å². The molecule has 0 spiro atoms. The van der Waals surface area contributed by atoms with Crippen molar-refractivity contribution < 1.29 is 5.11 Å². The number of fused-ring (bicyclic) bond motifs is 1. The first-order valence-corrected chi connectivity index (χ1v) is 11.9. The van der Waals surface area contributed by atoms with Crippen molar-refractivity contribution in [3.05, 3.63) is 51.4 Å². The number of aryl methyl sites for hydroxylation is 1. The van der Waals surface area contributed by atoms with E-state index >= 15 is 0 Å². The third kappa shape index (κ3) is 5.60. The molecule has 1 aromatic heterocycles. The van der Waals surface area contributed by atoms with Crippen LogP contribution in [0.25, 0.3) is 11.6 Å². The molecule has 164 valence electrons. The molecule has 3 aliphatic rings. The summed E-state index contributed by atoms with van der Waals surface area (Å²) < 4.78 is 0. The van der Waals surface area contributed by atoms with Gasteiger partial charge < -0.3 is 15.7 Å². The Balaban J connectivity index is 1.55. The Labute approximate surface area is 188 Å². The van der Waals surface area contributed by atoms with Gasteiger partial charge in [0.1, 0.15) is 17.5 Å². The van der Waals surface area contributed by atoms with Crippen LogP contribution >= 0.6 is 11.3 Å². The molecule has 6 nitrogen and oxygen atoms in total. The van der Waals surface area contributed by atoms with Crippen molar-refractivity contribution in [3.63, 3.8) is 0 Å². The first-order chi connectivity index (χ1) is 15.3. The van der Waals surface area contributed by atoms with E-state index in [1.165, 1.54) is 4.88 Å². The van der Waals surface area contributed by atoms with Gasteiger partial charge in [-0.25, -0.2) is 9.98 Å². The number of hydrogen-bond donors (Lipinski definition) is 3. The van der Waals surface area contributed by atoms with Crippen LogP contribution in [-0.4, -0.2) is 42.3 Å². The molecular weight excluding hydrogens is 406 g/mol. The zero-order valence-corrected chi connectivity index (χ0v) is 18.7. The Morgan fingerprint density at radius 1 is 1.26 bits per heavy atom. The molecular formula is C24H31N5OS. The topological polar surface area (TPSA) is 81.9 Å². The number of aliphatic hydroxyl groups is 1.